The first-order chi connectivity index (χ1) is 22.7. The summed E-state index contributed by atoms with van der Waals surface area (Å²) in [5.41, 5.74) is 17.4. The van der Waals surface area contributed by atoms with Crippen molar-refractivity contribution in [1.82, 2.24) is 13.7 Å². The molecule has 7 aromatic carbocycles. The zero-order valence-corrected chi connectivity index (χ0v) is 24.9. The predicted octanol–water partition coefficient (Wildman–Crippen LogP) is 10.6. The maximum atomic E-state index is 6.12. The van der Waals surface area contributed by atoms with Gasteiger partial charge in [-0.15, -0.1) is 0 Å². The molecule has 0 saturated carbocycles. The number of aromatic nitrogens is 3. The predicted molar refractivity (Wildman–Crippen MR) is 194 cm³/mol. The second-order valence-corrected chi connectivity index (χ2v) is 12.1. The Balaban J connectivity index is 1.30. The summed E-state index contributed by atoms with van der Waals surface area (Å²) >= 11 is 0. The summed E-state index contributed by atoms with van der Waals surface area (Å²) in [7, 11) is 0. The standard InChI is InChI=1S/C42H28N4/c43-27-17-19-28(20-18-27)44-41-23-21-29(45-37-13-5-1-9-31(37)32-10-2-6-14-38(32)45)25-35(41)36-26-30(22-24-42(36)44)46-39-15-7-3-11-33(39)34-12-4-8-16-40(34)46/h1-26H,43H2. The largest absolute Gasteiger partial charge is 0.399 e. The normalized spacial score (nSPS) is 12.0. The first-order valence-electron chi connectivity index (χ1n) is 15.7. The lowest BCUT2D eigenvalue weighted by Crippen LogP contribution is -1.96. The van der Waals surface area contributed by atoms with Crippen molar-refractivity contribution >= 4 is 71.1 Å². The maximum absolute atomic E-state index is 6.12. The molecule has 216 valence electrons. The van der Waals surface area contributed by atoms with Gasteiger partial charge in [0.1, 0.15) is 0 Å². The first-order valence-corrected chi connectivity index (χ1v) is 15.7. The second kappa shape index (κ2) is 9.37. The number of rotatable bonds is 3. The highest BCUT2D eigenvalue weighted by Gasteiger charge is 2.18. The number of nitrogen functional groups attached to an aromatic ring is 1. The van der Waals surface area contributed by atoms with E-state index in [-0.39, 0.29) is 0 Å². The fourth-order valence-electron chi connectivity index (χ4n) is 7.58. The molecule has 0 bridgehead atoms. The molecule has 10 aromatic rings. The van der Waals surface area contributed by atoms with E-state index in [2.05, 4.69) is 159 Å². The lowest BCUT2D eigenvalue weighted by atomic mass is 10.1. The van der Waals surface area contributed by atoms with Gasteiger partial charge in [-0.3, -0.25) is 0 Å². The Morgan fingerprint density at radius 3 is 0.978 bits per heavy atom. The van der Waals surface area contributed by atoms with E-state index in [0.29, 0.717) is 0 Å². The smallest absolute Gasteiger partial charge is 0.0542 e. The fraction of sp³-hybridized carbons (Fsp3) is 0. The van der Waals surface area contributed by atoms with Crippen LogP contribution in [0.4, 0.5) is 5.69 Å². The molecule has 0 saturated heterocycles. The molecule has 0 aliphatic carbocycles. The SMILES string of the molecule is Nc1ccc(-n2c3ccc(-n4c5ccccc5c5ccccc54)cc3c3cc(-n4c5ccccc5c5ccccc54)ccc32)cc1. The summed E-state index contributed by atoms with van der Waals surface area (Å²) in [6, 6.07) is 56.7. The zero-order valence-electron chi connectivity index (χ0n) is 24.9. The molecule has 0 aliphatic rings. The fourth-order valence-corrected chi connectivity index (χ4v) is 7.58. The Bertz CT molecular complexity index is 2530. The van der Waals surface area contributed by atoms with Gasteiger partial charge in [0.05, 0.1) is 33.1 Å². The van der Waals surface area contributed by atoms with Crippen LogP contribution in [0.25, 0.3) is 82.5 Å². The number of benzene rings is 7. The molecule has 0 amide bonds. The third-order valence-corrected chi connectivity index (χ3v) is 9.56. The Morgan fingerprint density at radius 1 is 0.283 bits per heavy atom. The number of hydrogen-bond acceptors (Lipinski definition) is 1. The van der Waals surface area contributed by atoms with Crippen LogP contribution in [0.2, 0.25) is 0 Å². The minimum atomic E-state index is 0.756. The van der Waals surface area contributed by atoms with Gasteiger partial charge in [0.15, 0.2) is 0 Å². The summed E-state index contributed by atoms with van der Waals surface area (Å²) in [5.74, 6) is 0. The summed E-state index contributed by atoms with van der Waals surface area (Å²) in [6.45, 7) is 0. The minimum absolute atomic E-state index is 0.756. The van der Waals surface area contributed by atoms with E-state index in [0.717, 1.165) is 33.8 Å². The molecule has 0 radical (unpaired) electrons. The summed E-state index contributed by atoms with van der Waals surface area (Å²) in [4.78, 5) is 0. The van der Waals surface area contributed by atoms with Crippen molar-refractivity contribution in [3.63, 3.8) is 0 Å². The minimum Gasteiger partial charge on any atom is -0.399 e. The maximum Gasteiger partial charge on any atom is 0.0542 e. The van der Waals surface area contributed by atoms with Gasteiger partial charge in [0.2, 0.25) is 0 Å². The molecule has 3 aromatic heterocycles. The lowest BCUT2D eigenvalue weighted by molar-refractivity contribution is 1.16. The Kier molecular flexibility index (Phi) is 5.11. The van der Waals surface area contributed by atoms with Crippen molar-refractivity contribution < 1.29 is 0 Å². The summed E-state index contributed by atoms with van der Waals surface area (Å²) < 4.78 is 7.15. The molecular weight excluding hydrogens is 560 g/mol. The van der Waals surface area contributed by atoms with Gasteiger partial charge in [0.25, 0.3) is 0 Å². The molecule has 4 heteroatoms. The quantitative estimate of drug-likeness (QED) is 0.205. The molecular formula is C42H28N4. The summed E-state index contributed by atoms with van der Waals surface area (Å²) in [5, 5.41) is 7.45. The van der Waals surface area contributed by atoms with E-state index in [1.54, 1.807) is 0 Å². The number of hydrogen-bond donors (Lipinski definition) is 1. The highest BCUT2D eigenvalue weighted by Crippen LogP contribution is 2.39. The molecule has 3 heterocycles. The van der Waals surface area contributed by atoms with E-state index in [9.17, 15) is 0 Å². The van der Waals surface area contributed by atoms with Crippen LogP contribution in [0.3, 0.4) is 0 Å². The molecule has 4 nitrogen and oxygen atoms in total. The molecule has 0 aliphatic heterocycles. The number of anilines is 1. The number of para-hydroxylation sites is 4. The monoisotopic (exact) mass is 588 g/mol. The van der Waals surface area contributed by atoms with Crippen molar-refractivity contribution in [2.75, 3.05) is 5.73 Å². The van der Waals surface area contributed by atoms with E-state index in [1.165, 1.54) is 54.4 Å². The molecule has 2 N–H and O–H groups in total. The van der Waals surface area contributed by atoms with Crippen molar-refractivity contribution in [3.05, 3.63) is 158 Å². The van der Waals surface area contributed by atoms with E-state index < -0.39 is 0 Å². The van der Waals surface area contributed by atoms with E-state index >= 15 is 0 Å². The van der Waals surface area contributed by atoms with Gasteiger partial charge < -0.3 is 19.4 Å². The highest BCUT2D eigenvalue weighted by molar-refractivity contribution is 6.14. The zero-order chi connectivity index (χ0) is 30.4. The van der Waals surface area contributed by atoms with Gasteiger partial charge in [-0.2, -0.15) is 0 Å². The number of nitrogens with zero attached hydrogens (tertiary/aromatic N) is 3. The van der Waals surface area contributed by atoms with Crippen molar-refractivity contribution in [2.45, 2.75) is 0 Å². The van der Waals surface area contributed by atoms with Crippen LogP contribution < -0.4 is 5.73 Å². The highest BCUT2D eigenvalue weighted by atomic mass is 15.0. The van der Waals surface area contributed by atoms with Gasteiger partial charge in [0, 0.05) is 55.1 Å². The Morgan fingerprint density at radius 2 is 0.587 bits per heavy atom. The lowest BCUT2D eigenvalue weighted by Gasteiger charge is -2.11. The van der Waals surface area contributed by atoms with Crippen LogP contribution >= 0.6 is 0 Å². The average Bonchev–Trinajstić information content (AvgIpc) is 3.74. The van der Waals surface area contributed by atoms with Gasteiger partial charge in [-0.1, -0.05) is 72.8 Å². The third kappa shape index (κ3) is 3.44. The van der Waals surface area contributed by atoms with E-state index in [1.807, 2.05) is 12.1 Å². The summed E-state index contributed by atoms with van der Waals surface area (Å²) in [6.07, 6.45) is 0. The topological polar surface area (TPSA) is 40.8 Å². The van der Waals surface area contributed by atoms with E-state index in [4.69, 9.17) is 5.73 Å². The van der Waals surface area contributed by atoms with Crippen molar-refractivity contribution in [2.24, 2.45) is 0 Å². The Labute approximate surface area is 264 Å². The second-order valence-electron chi connectivity index (χ2n) is 12.1. The van der Waals surface area contributed by atoms with Crippen molar-refractivity contribution in [3.8, 4) is 17.1 Å². The molecule has 10 rings (SSSR count). The van der Waals surface area contributed by atoms with Gasteiger partial charge >= 0.3 is 0 Å². The van der Waals surface area contributed by atoms with Gasteiger partial charge in [-0.05, 0) is 84.9 Å². The average molecular weight is 589 g/mol. The third-order valence-electron chi connectivity index (χ3n) is 9.56. The van der Waals surface area contributed by atoms with Crippen LogP contribution in [0.5, 0.6) is 0 Å². The number of fused-ring (bicyclic) bond motifs is 9. The molecule has 46 heavy (non-hydrogen) atoms. The molecule has 0 unspecified atom stereocenters. The van der Waals surface area contributed by atoms with Crippen LogP contribution in [0, 0.1) is 0 Å². The number of nitrogens with two attached hydrogens (primary N) is 1. The Hall–Kier alpha value is -6.26. The van der Waals surface area contributed by atoms with Gasteiger partial charge in [-0.25, -0.2) is 0 Å². The molecule has 0 fully saturated rings. The molecule has 0 spiro atoms. The van der Waals surface area contributed by atoms with Crippen LogP contribution in [0.1, 0.15) is 0 Å². The molecule has 0 atom stereocenters. The van der Waals surface area contributed by atoms with Crippen LogP contribution in [-0.4, -0.2) is 13.7 Å². The van der Waals surface area contributed by atoms with Crippen LogP contribution in [0.15, 0.2) is 158 Å². The van der Waals surface area contributed by atoms with Crippen LogP contribution in [-0.2, 0) is 0 Å². The first kappa shape index (κ1) is 25.1. The van der Waals surface area contributed by atoms with Crippen molar-refractivity contribution in [1.29, 1.82) is 0 Å².